The molecule has 1 N–H and O–H groups in total. The molecular formula is C16H26Cl2N2. The monoisotopic (exact) mass is 316 g/mol. The standard InChI is InChI=1S/C16H24N2.2ClH/c1-2-7-16(15-8-4-3-5-9-15)14-18-12-6-10-17-11-13-18;;/h3-5,7-9,17H,2,6,10-14H2,1H3;2*1H/b16-7-;;. The van der Waals surface area contributed by atoms with E-state index in [4.69, 9.17) is 0 Å². The zero-order valence-corrected chi connectivity index (χ0v) is 13.8. The number of nitrogens with one attached hydrogen (secondary N) is 1. The molecule has 0 atom stereocenters. The lowest BCUT2D eigenvalue weighted by Crippen LogP contribution is -2.29. The minimum atomic E-state index is 0. The molecular weight excluding hydrogens is 291 g/mol. The minimum absolute atomic E-state index is 0. The zero-order chi connectivity index (χ0) is 12.6. The summed E-state index contributed by atoms with van der Waals surface area (Å²) in [5, 5.41) is 3.46. The van der Waals surface area contributed by atoms with Crippen LogP contribution in [0.4, 0.5) is 0 Å². The van der Waals surface area contributed by atoms with Crippen LogP contribution >= 0.6 is 24.8 Å². The molecule has 2 nitrogen and oxygen atoms in total. The van der Waals surface area contributed by atoms with Crippen molar-refractivity contribution in [2.24, 2.45) is 0 Å². The van der Waals surface area contributed by atoms with E-state index in [0.717, 1.165) is 32.6 Å². The number of allylic oxidation sites excluding steroid dienone is 1. The van der Waals surface area contributed by atoms with Crippen molar-refractivity contribution < 1.29 is 0 Å². The highest BCUT2D eigenvalue weighted by molar-refractivity contribution is 5.85. The smallest absolute Gasteiger partial charge is 0.0237 e. The Hall–Kier alpha value is -0.540. The summed E-state index contributed by atoms with van der Waals surface area (Å²) in [4.78, 5) is 2.56. The van der Waals surface area contributed by atoms with E-state index in [2.05, 4.69) is 53.5 Å². The van der Waals surface area contributed by atoms with Gasteiger partial charge in [0.2, 0.25) is 0 Å². The quantitative estimate of drug-likeness (QED) is 0.912. The van der Waals surface area contributed by atoms with Crippen LogP contribution in [0.5, 0.6) is 0 Å². The van der Waals surface area contributed by atoms with E-state index in [-0.39, 0.29) is 24.8 Å². The summed E-state index contributed by atoms with van der Waals surface area (Å²) < 4.78 is 0. The van der Waals surface area contributed by atoms with Crippen LogP contribution in [-0.4, -0.2) is 37.6 Å². The van der Waals surface area contributed by atoms with Gasteiger partial charge in [-0.05, 0) is 37.1 Å². The maximum absolute atomic E-state index is 3.46. The largest absolute Gasteiger partial charge is 0.315 e. The van der Waals surface area contributed by atoms with Gasteiger partial charge >= 0.3 is 0 Å². The second-order valence-electron chi connectivity index (χ2n) is 4.88. The molecule has 0 saturated carbocycles. The van der Waals surface area contributed by atoms with Crippen molar-refractivity contribution in [3.8, 4) is 0 Å². The van der Waals surface area contributed by atoms with E-state index in [1.807, 2.05) is 0 Å². The third-order valence-corrected chi connectivity index (χ3v) is 3.42. The highest BCUT2D eigenvalue weighted by Gasteiger charge is 2.11. The van der Waals surface area contributed by atoms with Gasteiger partial charge in [-0.2, -0.15) is 0 Å². The number of benzene rings is 1. The molecule has 1 fully saturated rings. The van der Waals surface area contributed by atoms with Crippen LogP contribution in [0.3, 0.4) is 0 Å². The molecule has 0 radical (unpaired) electrons. The Labute approximate surface area is 135 Å². The van der Waals surface area contributed by atoms with Crippen molar-refractivity contribution in [1.29, 1.82) is 0 Å². The summed E-state index contributed by atoms with van der Waals surface area (Å²) in [6, 6.07) is 10.8. The van der Waals surface area contributed by atoms with Gasteiger partial charge < -0.3 is 5.32 Å². The van der Waals surface area contributed by atoms with Gasteiger partial charge in [-0.15, -0.1) is 24.8 Å². The lowest BCUT2D eigenvalue weighted by atomic mass is 10.0. The Morgan fingerprint density at radius 3 is 2.60 bits per heavy atom. The molecule has 0 bridgehead atoms. The minimum Gasteiger partial charge on any atom is -0.315 e. The van der Waals surface area contributed by atoms with Gasteiger partial charge in [0.05, 0.1) is 0 Å². The van der Waals surface area contributed by atoms with Crippen LogP contribution in [0.15, 0.2) is 36.4 Å². The average molecular weight is 317 g/mol. The Kier molecular flexibility index (Phi) is 10.9. The zero-order valence-electron chi connectivity index (χ0n) is 12.2. The molecule has 0 amide bonds. The summed E-state index contributed by atoms with van der Waals surface area (Å²) in [5.74, 6) is 0. The van der Waals surface area contributed by atoms with E-state index in [0.29, 0.717) is 0 Å². The normalized spacial score (nSPS) is 16.8. The van der Waals surface area contributed by atoms with Crippen LogP contribution in [0.1, 0.15) is 25.3 Å². The molecule has 114 valence electrons. The summed E-state index contributed by atoms with van der Waals surface area (Å²) in [6.07, 6.45) is 4.73. The lowest BCUT2D eigenvalue weighted by molar-refractivity contribution is 0.329. The van der Waals surface area contributed by atoms with Gasteiger partial charge in [0, 0.05) is 19.6 Å². The molecule has 0 spiro atoms. The van der Waals surface area contributed by atoms with Gasteiger partial charge in [0.1, 0.15) is 0 Å². The highest BCUT2D eigenvalue weighted by Crippen LogP contribution is 2.16. The molecule has 20 heavy (non-hydrogen) atoms. The van der Waals surface area contributed by atoms with E-state index < -0.39 is 0 Å². The Bertz CT molecular complexity index is 371. The molecule has 4 heteroatoms. The second-order valence-corrected chi connectivity index (χ2v) is 4.88. The maximum atomic E-state index is 3.46. The summed E-state index contributed by atoms with van der Waals surface area (Å²) in [7, 11) is 0. The number of hydrogen-bond donors (Lipinski definition) is 1. The molecule has 0 aliphatic carbocycles. The van der Waals surface area contributed by atoms with Crippen LogP contribution < -0.4 is 5.32 Å². The van der Waals surface area contributed by atoms with Gasteiger partial charge in [-0.25, -0.2) is 0 Å². The second kappa shape index (κ2) is 11.2. The third-order valence-electron chi connectivity index (χ3n) is 3.42. The predicted molar refractivity (Wildman–Crippen MR) is 93.1 cm³/mol. The molecule has 0 unspecified atom stereocenters. The van der Waals surface area contributed by atoms with Crippen molar-refractivity contribution in [2.75, 3.05) is 32.7 Å². The fraction of sp³-hybridized carbons (Fsp3) is 0.500. The van der Waals surface area contributed by atoms with Gasteiger partial charge in [0.25, 0.3) is 0 Å². The molecule has 1 aromatic rings. The Balaban J connectivity index is 0.00000180. The fourth-order valence-electron chi connectivity index (χ4n) is 2.47. The van der Waals surface area contributed by atoms with E-state index in [1.54, 1.807) is 0 Å². The fourth-order valence-corrected chi connectivity index (χ4v) is 2.47. The summed E-state index contributed by atoms with van der Waals surface area (Å²) >= 11 is 0. The number of halogens is 2. The van der Waals surface area contributed by atoms with E-state index >= 15 is 0 Å². The molecule has 1 aliphatic heterocycles. The summed E-state index contributed by atoms with van der Waals surface area (Å²) in [5.41, 5.74) is 2.84. The number of hydrogen-bond acceptors (Lipinski definition) is 2. The van der Waals surface area contributed by atoms with Gasteiger partial charge in [-0.1, -0.05) is 43.3 Å². The topological polar surface area (TPSA) is 15.3 Å². The molecule has 1 aromatic carbocycles. The molecule has 1 heterocycles. The van der Waals surface area contributed by atoms with E-state index in [1.165, 1.54) is 24.1 Å². The van der Waals surface area contributed by atoms with Crippen molar-refractivity contribution in [3.63, 3.8) is 0 Å². The maximum Gasteiger partial charge on any atom is 0.0237 e. The first kappa shape index (κ1) is 19.5. The Morgan fingerprint density at radius 2 is 1.90 bits per heavy atom. The first-order valence-electron chi connectivity index (χ1n) is 7.07. The average Bonchev–Trinajstić information content (AvgIpc) is 2.68. The summed E-state index contributed by atoms with van der Waals surface area (Å²) in [6.45, 7) is 7.95. The first-order chi connectivity index (χ1) is 8.90. The van der Waals surface area contributed by atoms with E-state index in [9.17, 15) is 0 Å². The number of rotatable bonds is 4. The molecule has 0 aromatic heterocycles. The lowest BCUT2D eigenvalue weighted by Gasteiger charge is -2.21. The predicted octanol–water partition coefficient (Wildman–Crippen LogP) is 3.62. The highest BCUT2D eigenvalue weighted by atomic mass is 35.5. The SMILES string of the molecule is CC/C=C(/CN1CCCNCC1)c1ccccc1.Cl.Cl. The van der Waals surface area contributed by atoms with Crippen molar-refractivity contribution >= 4 is 30.4 Å². The third kappa shape index (κ3) is 6.27. The van der Waals surface area contributed by atoms with Crippen LogP contribution in [-0.2, 0) is 0 Å². The van der Waals surface area contributed by atoms with Crippen LogP contribution in [0, 0.1) is 0 Å². The molecule has 1 saturated heterocycles. The first-order valence-corrected chi connectivity index (χ1v) is 7.07. The Morgan fingerprint density at radius 1 is 1.15 bits per heavy atom. The van der Waals surface area contributed by atoms with Crippen molar-refractivity contribution in [3.05, 3.63) is 42.0 Å². The van der Waals surface area contributed by atoms with Crippen molar-refractivity contribution in [2.45, 2.75) is 19.8 Å². The molecule has 1 aliphatic rings. The van der Waals surface area contributed by atoms with Crippen LogP contribution in [0.2, 0.25) is 0 Å². The van der Waals surface area contributed by atoms with Crippen LogP contribution in [0.25, 0.3) is 5.57 Å². The molecule has 2 rings (SSSR count). The van der Waals surface area contributed by atoms with Gasteiger partial charge in [0.15, 0.2) is 0 Å². The van der Waals surface area contributed by atoms with Gasteiger partial charge in [-0.3, -0.25) is 4.90 Å². The van der Waals surface area contributed by atoms with Crippen molar-refractivity contribution in [1.82, 2.24) is 10.2 Å². The number of nitrogens with zero attached hydrogens (tertiary/aromatic N) is 1.